The molecule has 1 N–H and O–H groups in total. The molecule has 0 saturated heterocycles. The van der Waals surface area contributed by atoms with Crippen LogP contribution in [0.15, 0.2) is 103 Å². The molecular formula is C29H23ClN4O2. The van der Waals surface area contributed by atoms with Gasteiger partial charge in [-0.15, -0.1) is 6.58 Å². The van der Waals surface area contributed by atoms with Crippen LogP contribution in [0.5, 0.6) is 5.75 Å². The molecule has 36 heavy (non-hydrogen) atoms. The zero-order valence-electron chi connectivity index (χ0n) is 19.4. The van der Waals surface area contributed by atoms with Crippen molar-refractivity contribution in [3.63, 3.8) is 0 Å². The van der Waals surface area contributed by atoms with Crippen molar-refractivity contribution in [2.24, 2.45) is 0 Å². The van der Waals surface area contributed by atoms with Gasteiger partial charge < -0.3 is 10.1 Å². The number of benzene rings is 3. The number of carbonyl (C=O) groups excluding carboxylic acids is 1. The number of carbonyl (C=O) groups is 1. The van der Waals surface area contributed by atoms with E-state index in [-0.39, 0.29) is 12.1 Å². The summed E-state index contributed by atoms with van der Waals surface area (Å²) < 4.78 is 7.62. The van der Waals surface area contributed by atoms with E-state index in [4.69, 9.17) is 21.4 Å². The van der Waals surface area contributed by atoms with Crippen molar-refractivity contribution in [2.75, 3.05) is 6.54 Å². The number of halogens is 1. The standard InChI is InChI=1S/C29H23ClN4O2/c1-2-16-32-29(35)23(18-31)17-24-19-34(25-9-4-3-5-10-25)33-28(24)21-12-14-26(15-13-21)36-20-22-8-6-7-11-27(22)30/h2-15,17,19H,1,16,20H2,(H,32,35)/b23-17+. The van der Waals surface area contributed by atoms with Gasteiger partial charge in [-0.3, -0.25) is 4.79 Å². The molecule has 1 aromatic heterocycles. The van der Waals surface area contributed by atoms with E-state index in [0.29, 0.717) is 28.6 Å². The molecule has 0 bridgehead atoms. The Morgan fingerprint density at radius 2 is 1.81 bits per heavy atom. The van der Waals surface area contributed by atoms with Gasteiger partial charge >= 0.3 is 0 Å². The number of ether oxygens (including phenoxy) is 1. The summed E-state index contributed by atoms with van der Waals surface area (Å²) in [5.74, 6) is 0.207. The van der Waals surface area contributed by atoms with Crippen LogP contribution in [0.2, 0.25) is 5.02 Å². The minimum absolute atomic E-state index is 0.0228. The fourth-order valence-electron chi connectivity index (χ4n) is 3.48. The number of aromatic nitrogens is 2. The number of nitrogens with one attached hydrogen (secondary N) is 1. The molecule has 0 saturated carbocycles. The van der Waals surface area contributed by atoms with Gasteiger partial charge in [-0.2, -0.15) is 10.4 Å². The molecule has 0 aliphatic heterocycles. The molecule has 1 amide bonds. The highest BCUT2D eigenvalue weighted by Crippen LogP contribution is 2.28. The molecule has 6 nitrogen and oxygen atoms in total. The van der Waals surface area contributed by atoms with Gasteiger partial charge in [0.2, 0.25) is 0 Å². The highest BCUT2D eigenvalue weighted by molar-refractivity contribution is 6.31. The number of hydrogen-bond acceptors (Lipinski definition) is 4. The lowest BCUT2D eigenvalue weighted by atomic mass is 10.1. The molecule has 0 unspecified atom stereocenters. The third-order valence-electron chi connectivity index (χ3n) is 5.32. The van der Waals surface area contributed by atoms with Crippen LogP contribution < -0.4 is 10.1 Å². The minimum Gasteiger partial charge on any atom is -0.489 e. The van der Waals surface area contributed by atoms with Crippen LogP contribution in [0.4, 0.5) is 0 Å². The SMILES string of the molecule is C=CCNC(=O)/C(C#N)=C/c1cn(-c2ccccc2)nc1-c1ccc(OCc2ccccc2Cl)cc1. The van der Waals surface area contributed by atoms with Gasteiger partial charge in [0, 0.05) is 34.5 Å². The highest BCUT2D eigenvalue weighted by Gasteiger charge is 2.15. The maximum Gasteiger partial charge on any atom is 0.262 e. The first kappa shape index (κ1) is 24.5. The molecule has 0 aliphatic carbocycles. The molecule has 0 spiro atoms. The number of para-hydroxylation sites is 1. The van der Waals surface area contributed by atoms with Gasteiger partial charge in [-0.25, -0.2) is 4.68 Å². The van der Waals surface area contributed by atoms with Gasteiger partial charge in [-0.05, 0) is 48.5 Å². The fraction of sp³-hybridized carbons (Fsp3) is 0.0690. The van der Waals surface area contributed by atoms with Crippen LogP contribution >= 0.6 is 11.6 Å². The normalized spacial score (nSPS) is 10.9. The van der Waals surface area contributed by atoms with Crippen LogP contribution in [0.25, 0.3) is 23.0 Å². The van der Waals surface area contributed by atoms with Gasteiger partial charge in [0.05, 0.1) is 11.4 Å². The zero-order valence-corrected chi connectivity index (χ0v) is 20.2. The number of amides is 1. The maximum absolute atomic E-state index is 12.4. The summed E-state index contributed by atoms with van der Waals surface area (Å²) in [6.07, 6.45) is 4.90. The topological polar surface area (TPSA) is 79.9 Å². The van der Waals surface area contributed by atoms with Crippen LogP contribution in [-0.4, -0.2) is 22.2 Å². The molecular weight excluding hydrogens is 472 g/mol. The first-order valence-electron chi connectivity index (χ1n) is 11.2. The molecule has 0 radical (unpaired) electrons. The minimum atomic E-state index is -0.473. The van der Waals surface area contributed by atoms with E-state index >= 15 is 0 Å². The second-order valence-corrected chi connectivity index (χ2v) is 8.19. The van der Waals surface area contributed by atoms with Crippen molar-refractivity contribution in [1.82, 2.24) is 15.1 Å². The van der Waals surface area contributed by atoms with Crippen LogP contribution in [0.3, 0.4) is 0 Å². The lowest BCUT2D eigenvalue weighted by Gasteiger charge is -2.08. The van der Waals surface area contributed by atoms with Gasteiger partial charge in [-0.1, -0.05) is 54.1 Å². The number of nitrogens with zero attached hydrogens (tertiary/aromatic N) is 3. The largest absolute Gasteiger partial charge is 0.489 e. The Bertz CT molecular complexity index is 1430. The molecule has 3 aromatic carbocycles. The zero-order chi connectivity index (χ0) is 25.3. The van der Waals surface area contributed by atoms with Crippen LogP contribution in [0.1, 0.15) is 11.1 Å². The molecule has 178 valence electrons. The lowest BCUT2D eigenvalue weighted by Crippen LogP contribution is -2.24. The summed E-state index contributed by atoms with van der Waals surface area (Å²) in [6.45, 7) is 4.20. The van der Waals surface area contributed by atoms with Gasteiger partial charge in [0.1, 0.15) is 24.0 Å². The van der Waals surface area contributed by atoms with Crippen molar-refractivity contribution in [3.8, 4) is 28.8 Å². The van der Waals surface area contributed by atoms with Crippen molar-refractivity contribution < 1.29 is 9.53 Å². The van der Waals surface area contributed by atoms with E-state index < -0.39 is 5.91 Å². The van der Waals surface area contributed by atoms with Crippen molar-refractivity contribution in [2.45, 2.75) is 6.61 Å². The van der Waals surface area contributed by atoms with Crippen LogP contribution in [-0.2, 0) is 11.4 Å². The van der Waals surface area contributed by atoms with Crippen molar-refractivity contribution in [1.29, 1.82) is 5.26 Å². The molecule has 0 fully saturated rings. The quantitative estimate of drug-likeness (QED) is 0.176. The average Bonchev–Trinajstić information content (AvgIpc) is 3.34. The first-order chi connectivity index (χ1) is 17.6. The molecule has 1 heterocycles. The smallest absolute Gasteiger partial charge is 0.262 e. The van der Waals surface area contributed by atoms with Gasteiger partial charge in [0.15, 0.2) is 0 Å². The van der Waals surface area contributed by atoms with Crippen LogP contribution in [0, 0.1) is 11.3 Å². The maximum atomic E-state index is 12.4. The third kappa shape index (κ3) is 5.90. The summed E-state index contributed by atoms with van der Waals surface area (Å²) >= 11 is 6.22. The Hall–Kier alpha value is -4.60. The first-order valence-corrected chi connectivity index (χ1v) is 11.6. The number of rotatable bonds is 9. The predicted molar refractivity (Wildman–Crippen MR) is 142 cm³/mol. The number of nitriles is 1. The highest BCUT2D eigenvalue weighted by atomic mass is 35.5. The summed E-state index contributed by atoms with van der Waals surface area (Å²) in [5, 5.41) is 17.6. The Morgan fingerprint density at radius 1 is 1.08 bits per heavy atom. The molecule has 0 aliphatic rings. The lowest BCUT2D eigenvalue weighted by molar-refractivity contribution is -0.116. The van der Waals surface area contributed by atoms with Gasteiger partial charge in [0.25, 0.3) is 5.91 Å². The number of hydrogen-bond donors (Lipinski definition) is 1. The van der Waals surface area contributed by atoms with E-state index in [0.717, 1.165) is 16.8 Å². The summed E-state index contributed by atoms with van der Waals surface area (Å²) in [4.78, 5) is 12.4. The van der Waals surface area contributed by atoms with E-state index in [1.807, 2.05) is 84.9 Å². The molecule has 4 aromatic rings. The molecule has 0 atom stereocenters. The summed E-state index contributed by atoms with van der Waals surface area (Å²) in [7, 11) is 0. The van der Waals surface area contributed by atoms with E-state index in [1.54, 1.807) is 23.0 Å². The van der Waals surface area contributed by atoms with E-state index in [2.05, 4.69) is 11.9 Å². The molecule has 7 heteroatoms. The summed E-state index contributed by atoms with van der Waals surface area (Å²) in [6, 6.07) is 26.6. The van der Waals surface area contributed by atoms with E-state index in [9.17, 15) is 10.1 Å². The third-order valence-corrected chi connectivity index (χ3v) is 5.68. The Morgan fingerprint density at radius 3 is 2.50 bits per heavy atom. The second kappa shape index (κ2) is 11.7. The van der Waals surface area contributed by atoms with Crippen molar-refractivity contribution in [3.05, 3.63) is 119 Å². The Balaban J connectivity index is 1.65. The van der Waals surface area contributed by atoms with Crippen molar-refractivity contribution >= 4 is 23.6 Å². The molecule has 4 rings (SSSR count). The second-order valence-electron chi connectivity index (χ2n) is 7.79. The fourth-order valence-corrected chi connectivity index (χ4v) is 3.67. The predicted octanol–water partition coefficient (Wildman–Crippen LogP) is 5.98. The Kier molecular flexibility index (Phi) is 7.97. The van der Waals surface area contributed by atoms with E-state index in [1.165, 1.54) is 0 Å². The monoisotopic (exact) mass is 494 g/mol. The Labute approximate surface area is 214 Å². The summed E-state index contributed by atoms with van der Waals surface area (Å²) in [5.41, 5.74) is 3.80. The average molecular weight is 495 g/mol.